The van der Waals surface area contributed by atoms with Gasteiger partial charge in [-0.3, -0.25) is 9.59 Å². The molecule has 1 atom stereocenters. The van der Waals surface area contributed by atoms with Crippen LogP contribution in [-0.2, 0) is 9.53 Å². The van der Waals surface area contributed by atoms with Gasteiger partial charge in [0.1, 0.15) is 0 Å². The lowest BCUT2D eigenvalue weighted by Crippen LogP contribution is -2.29. The molecule has 0 bridgehead atoms. The topological polar surface area (TPSA) is 68.1 Å². The van der Waals surface area contributed by atoms with Crippen LogP contribution in [-0.4, -0.2) is 30.8 Å². The van der Waals surface area contributed by atoms with Crippen molar-refractivity contribution in [3.63, 3.8) is 0 Å². The summed E-state index contributed by atoms with van der Waals surface area (Å²) in [4.78, 5) is 24.0. The van der Waals surface area contributed by atoms with E-state index in [-0.39, 0.29) is 12.7 Å². The number of hydrogen-bond acceptors (Lipinski definition) is 5. The lowest BCUT2D eigenvalue weighted by molar-refractivity contribution is -0.143. The Morgan fingerprint density at radius 1 is 1.12 bits per heavy atom. The minimum atomic E-state index is -2.15. The molecule has 0 radical (unpaired) electrons. The fourth-order valence-corrected chi connectivity index (χ4v) is 1.62. The number of benzene rings is 1. The normalized spacial score (nSPS) is 12.8. The molecule has 130 valence electrons. The first-order valence-electron chi connectivity index (χ1n) is 6.93. The molecule has 1 unspecified atom stereocenters. The second-order valence-corrected chi connectivity index (χ2v) is 4.41. The van der Waals surface area contributed by atoms with E-state index in [1.165, 1.54) is 13.1 Å². The van der Waals surface area contributed by atoms with Crippen LogP contribution in [0.25, 0.3) is 0 Å². The number of rotatable bonds is 7. The predicted molar refractivity (Wildman–Crippen MR) is 78.0 cm³/mol. The van der Waals surface area contributed by atoms with E-state index in [1.54, 1.807) is 6.92 Å². The van der Waals surface area contributed by atoms with Crippen molar-refractivity contribution in [3.8, 4) is 0 Å². The number of ether oxygens (including phenoxy) is 1. The highest BCUT2D eigenvalue weighted by molar-refractivity contribution is 6.18. The average Bonchev–Trinajstić information content (AvgIpc) is 2.56. The van der Waals surface area contributed by atoms with Crippen molar-refractivity contribution in [1.29, 1.82) is 0 Å². The Kier molecular flexibility index (Phi) is 7.22. The van der Waals surface area contributed by atoms with E-state index in [9.17, 15) is 27.2 Å². The van der Waals surface area contributed by atoms with Gasteiger partial charge in [0.05, 0.1) is 12.2 Å². The van der Waals surface area contributed by atoms with Gasteiger partial charge in [-0.2, -0.15) is 10.2 Å². The molecule has 1 aromatic rings. The van der Waals surface area contributed by atoms with Crippen molar-refractivity contribution in [2.75, 3.05) is 6.61 Å². The molecule has 0 aliphatic rings. The van der Waals surface area contributed by atoms with Gasteiger partial charge in [0.2, 0.25) is 0 Å². The number of carbonyl (C=O) groups is 2. The fourth-order valence-electron chi connectivity index (χ4n) is 1.62. The molecule has 9 heteroatoms. The van der Waals surface area contributed by atoms with Crippen LogP contribution in [0.5, 0.6) is 0 Å². The zero-order chi connectivity index (χ0) is 18.3. The predicted octanol–water partition coefficient (Wildman–Crippen LogP) is 3.07. The monoisotopic (exact) mass is 346 g/mol. The van der Waals surface area contributed by atoms with E-state index < -0.39 is 46.5 Å². The highest BCUT2D eigenvalue weighted by atomic mass is 19.2. The van der Waals surface area contributed by atoms with Gasteiger partial charge in [-0.1, -0.05) is 6.92 Å². The van der Waals surface area contributed by atoms with E-state index in [0.717, 1.165) is 6.21 Å². The van der Waals surface area contributed by atoms with Gasteiger partial charge >= 0.3 is 5.97 Å². The van der Waals surface area contributed by atoms with E-state index in [0.29, 0.717) is 6.42 Å². The maximum Gasteiger partial charge on any atom is 0.322 e. The number of ketones is 1. The van der Waals surface area contributed by atoms with Crippen molar-refractivity contribution in [3.05, 3.63) is 34.9 Å². The fraction of sp³-hybridized carbons (Fsp3) is 0.333. The first-order chi connectivity index (χ1) is 11.3. The summed E-state index contributed by atoms with van der Waals surface area (Å²) in [6.07, 6.45) is 2.64. The first-order valence-corrected chi connectivity index (χ1v) is 6.93. The summed E-state index contributed by atoms with van der Waals surface area (Å²) >= 11 is 0. The Morgan fingerprint density at radius 2 is 1.79 bits per heavy atom. The number of esters is 1. The summed E-state index contributed by atoms with van der Waals surface area (Å²) < 4.78 is 57.8. The van der Waals surface area contributed by atoms with Crippen molar-refractivity contribution in [1.82, 2.24) is 0 Å². The number of halogens is 4. The zero-order valence-corrected chi connectivity index (χ0v) is 12.9. The van der Waals surface area contributed by atoms with Crippen LogP contribution >= 0.6 is 0 Å². The number of Topliss-reactive ketones (excluding diaryl/α,β-unsaturated/α-hetero) is 1. The van der Waals surface area contributed by atoms with Crippen LogP contribution in [0, 0.1) is 29.2 Å². The first kappa shape index (κ1) is 19.5. The van der Waals surface area contributed by atoms with Gasteiger partial charge in [0.25, 0.3) is 0 Å². The Morgan fingerprint density at radius 3 is 2.38 bits per heavy atom. The lowest BCUT2D eigenvalue weighted by atomic mass is 9.97. The standard InChI is InChI=1S/C15H14F4N2O3/c1-3-5-20-21-7-9(15(23)24-4-2)14(22)8-6-10(16)12(18)13(19)11(8)17/h5-7,9H,3-4H2,1-2H3. The summed E-state index contributed by atoms with van der Waals surface area (Å²) in [5.41, 5.74) is -1.13. The lowest BCUT2D eigenvalue weighted by Gasteiger charge is -2.11. The molecule has 1 aromatic carbocycles. The Labute approximate surface area is 135 Å². The second kappa shape index (κ2) is 8.90. The minimum Gasteiger partial charge on any atom is -0.465 e. The summed E-state index contributed by atoms with van der Waals surface area (Å²) in [6.45, 7) is 3.12. The number of nitrogens with zero attached hydrogens (tertiary/aromatic N) is 2. The van der Waals surface area contributed by atoms with Crippen LogP contribution < -0.4 is 0 Å². The third-order valence-corrected chi connectivity index (χ3v) is 2.74. The van der Waals surface area contributed by atoms with Crippen LogP contribution in [0.15, 0.2) is 16.3 Å². The van der Waals surface area contributed by atoms with Crippen LogP contribution in [0.2, 0.25) is 0 Å². The highest BCUT2D eigenvalue weighted by Crippen LogP contribution is 2.21. The summed E-state index contributed by atoms with van der Waals surface area (Å²) in [5.74, 6) is -12.1. The van der Waals surface area contributed by atoms with Gasteiger partial charge in [0.15, 0.2) is 35.0 Å². The van der Waals surface area contributed by atoms with Gasteiger partial charge in [0, 0.05) is 12.4 Å². The zero-order valence-electron chi connectivity index (χ0n) is 12.9. The molecule has 5 nitrogen and oxygen atoms in total. The van der Waals surface area contributed by atoms with Gasteiger partial charge in [-0.15, -0.1) is 0 Å². The molecule has 0 saturated heterocycles. The van der Waals surface area contributed by atoms with Crippen LogP contribution in [0.1, 0.15) is 30.6 Å². The molecule has 24 heavy (non-hydrogen) atoms. The summed E-state index contributed by atoms with van der Waals surface area (Å²) in [5, 5.41) is 6.94. The molecule has 0 fully saturated rings. The largest absolute Gasteiger partial charge is 0.465 e. The number of hydrogen-bond donors (Lipinski definition) is 0. The molecule has 0 aliphatic carbocycles. The SMILES string of the molecule is CCC=NN=CC(C(=O)OCC)C(=O)c1cc(F)c(F)c(F)c1F. The molecular formula is C15H14F4N2O3. The molecular weight excluding hydrogens is 332 g/mol. The molecule has 0 amide bonds. The molecule has 0 heterocycles. The Balaban J connectivity index is 3.28. The van der Waals surface area contributed by atoms with Crippen molar-refractivity contribution >= 4 is 24.2 Å². The highest BCUT2D eigenvalue weighted by Gasteiger charge is 2.32. The van der Waals surface area contributed by atoms with E-state index in [2.05, 4.69) is 14.9 Å². The molecule has 0 saturated carbocycles. The van der Waals surface area contributed by atoms with E-state index >= 15 is 0 Å². The molecule has 0 spiro atoms. The van der Waals surface area contributed by atoms with Gasteiger partial charge < -0.3 is 4.74 Å². The number of carbonyl (C=O) groups excluding carboxylic acids is 2. The maximum atomic E-state index is 13.7. The third kappa shape index (κ3) is 4.46. The molecule has 0 N–H and O–H groups in total. The maximum absolute atomic E-state index is 13.7. The van der Waals surface area contributed by atoms with E-state index in [1.807, 2.05) is 0 Å². The quantitative estimate of drug-likeness (QED) is 0.111. The van der Waals surface area contributed by atoms with Crippen molar-refractivity contribution in [2.24, 2.45) is 16.1 Å². The molecule has 0 aromatic heterocycles. The van der Waals surface area contributed by atoms with E-state index in [4.69, 9.17) is 0 Å². The van der Waals surface area contributed by atoms with Gasteiger partial charge in [-0.25, -0.2) is 17.6 Å². The second-order valence-electron chi connectivity index (χ2n) is 4.41. The summed E-state index contributed by atoms with van der Waals surface area (Å²) in [6, 6.07) is 0.172. The average molecular weight is 346 g/mol. The molecule has 1 rings (SSSR count). The van der Waals surface area contributed by atoms with Gasteiger partial charge in [-0.05, 0) is 19.4 Å². The summed E-state index contributed by atoms with van der Waals surface area (Å²) in [7, 11) is 0. The Bertz CT molecular complexity index is 690. The minimum absolute atomic E-state index is 0.0939. The smallest absolute Gasteiger partial charge is 0.322 e. The van der Waals surface area contributed by atoms with Crippen molar-refractivity contribution < 1.29 is 31.9 Å². The molecule has 0 aliphatic heterocycles. The third-order valence-electron chi connectivity index (χ3n) is 2.74. The van der Waals surface area contributed by atoms with Crippen molar-refractivity contribution in [2.45, 2.75) is 20.3 Å². The Hall–Kier alpha value is -2.58. The van der Waals surface area contributed by atoms with Crippen LogP contribution in [0.4, 0.5) is 17.6 Å². The van der Waals surface area contributed by atoms with Crippen LogP contribution in [0.3, 0.4) is 0 Å².